The fourth-order valence-electron chi connectivity index (χ4n) is 4.83. The molecule has 0 bridgehead atoms. The van der Waals surface area contributed by atoms with Gasteiger partial charge in [-0.1, -0.05) is 12.8 Å². The number of aryl methyl sites for hydroxylation is 1. The normalized spacial score (nSPS) is 14.6. The van der Waals surface area contributed by atoms with Gasteiger partial charge in [0.15, 0.2) is 11.3 Å². The maximum Gasteiger partial charge on any atom is 0.272 e. The second-order valence-corrected chi connectivity index (χ2v) is 10.1. The van der Waals surface area contributed by atoms with Crippen LogP contribution in [0.5, 0.6) is 0 Å². The van der Waals surface area contributed by atoms with E-state index in [9.17, 15) is 14.3 Å². The number of aliphatic hydroxyl groups is 1. The van der Waals surface area contributed by atoms with Crippen LogP contribution in [0.4, 0.5) is 4.39 Å². The first-order chi connectivity index (χ1) is 17.3. The monoisotopic (exact) mass is 491 g/mol. The average molecular weight is 492 g/mol. The number of aromatic nitrogens is 6. The number of fused-ring (bicyclic) bond motifs is 1. The summed E-state index contributed by atoms with van der Waals surface area (Å²) in [4.78, 5) is 26.4. The third-order valence-corrected chi connectivity index (χ3v) is 6.97. The Labute approximate surface area is 208 Å². The van der Waals surface area contributed by atoms with Crippen LogP contribution in [0.25, 0.3) is 22.3 Å². The summed E-state index contributed by atoms with van der Waals surface area (Å²) in [6, 6.07) is 4.63. The Morgan fingerprint density at radius 2 is 1.97 bits per heavy atom. The number of aliphatic hydroxyl groups excluding tert-OH is 1. The van der Waals surface area contributed by atoms with Crippen LogP contribution in [-0.2, 0) is 19.1 Å². The Balaban J connectivity index is 1.37. The molecule has 3 heterocycles. The van der Waals surface area contributed by atoms with Gasteiger partial charge in [-0.15, -0.1) is 0 Å². The number of imidazole rings is 1. The van der Waals surface area contributed by atoms with E-state index in [2.05, 4.69) is 20.4 Å². The summed E-state index contributed by atoms with van der Waals surface area (Å²) >= 11 is 0. The van der Waals surface area contributed by atoms with E-state index >= 15 is 0 Å². The summed E-state index contributed by atoms with van der Waals surface area (Å²) in [5.74, 6) is 0.532. The zero-order valence-corrected chi connectivity index (χ0v) is 20.7. The fraction of sp³-hybridized carbons (Fsp3) is 0.423. The Morgan fingerprint density at radius 1 is 1.19 bits per heavy atom. The summed E-state index contributed by atoms with van der Waals surface area (Å²) in [7, 11) is 1.90. The molecule has 1 amide bonds. The van der Waals surface area contributed by atoms with Crippen molar-refractivity contribution in [2.24, 2.45) is 7.05 Å². The maximum atomic E-state index is 14.5. The number of carbonyl (C=O) groups is 1. The van der Waals surface area contributed by atoms with Gasteiger partial charge in [0.25, 0.3) is 5.91 Å². The third kappa shape index (κ3) is 4.48. The summed E-state index contributed by atoms with van der Waals surface area (Å²) in [6.07, 6.45) is 9.31. The predicted molar refractivity (Wildman–Crippen MR) is 133 cm³/mol. The lowest BCUT2D eigenvalue weighted by Gasteiger charge is -2.22. The lowest BCUT2D eigenvalue weighted by Crippen LogP contribution is -2.30. The first kappa shape index (κ1) is 24.1. The average Bonchev–Trinajstić information content (AvgIpc) is 3.63. The maximum absolute atomic E-state index is 14.5. The quantitative estimate of drug-likeness (QED) is 0.408. The highest BCUT2D eigenvalue weighted by Gasteiger charge is 2.26. The molecule has 0 saturated heterocycles. The molecule has 9 nitrogen and oxygen atoms in total. The van der Waals surface area contributed by atoms with Crippen LogP contribution >= 0.6 is 0 Å². The first-order valence-electron chi connectivity index (χ1n) is 12.2. The van der Waals surface area contributed by atoms with Gasteiger partial charge in [0, 0.05) is 31.3 Å². The summed E-state index contributed by atoms with van der Waals surface area (Å²) in [6.45, 7) is 3.77. The van der Waals surface area contributed by atoms with Crippen molar-refractivity contribution < 1.29 is 14.3 Å². The minimum atomic E-state index is -0.575. The van der Waals surface area contributed by atoms with Crippen LogP contribution in [0, 0.1) is 5.82 Å². The van der Waals surface area contributed by atoms with Crippen LogP contribution in [0.2, 0.25) is 0 Å². The standard InChI is InChI=1S/C26H30FN7O2/c1-26(2,14-35)34-13-19(12-31-34)18-8-16(9-20(27)10-18)11-28-25(36)21-22-23(30-15-29-21)32-24(33(22)3)17-6-4-5-7-17/h8-10,12-13,15,17,35H,4-7,11,14H2,1-3H3,(H,28,36). The fourth-order valence-corrected chi connectivity index (χ4v) is 4.83. The third-order valence-electron chi connectivity index (χ3n) is 6.97. The zero-order chi connectivity index (χ0) is 25.4. The van der Waals surface area contributed by atoms with Gasteiger partial charge in [0.05, 0.1) is 18.3 Å². The molecule has 2 N–H and O–H groups in total. The van der Waals surface area contributed by atoms with Gasteiger partial charge in [-0.3, -0.25) is 9.48 Å². The molecule has 1 aliphatic rings. The van der Waals surface area contributed by atoms with E-state index in [1.54, 1.807) is 17.1 Å². The lowest BCUT2D eigenvalue weighted by molar-refractivity contribution is 0.0947. The highest BCUT2D eigenvalue weighted by Crippen LogP contribution is 2.34. The molecule has 5 rings (SSSR count). The molecular weight excluding hydrogens is 461 g/mol. The molecule has 0 atom stereocenters. The SMILES string of the molecule is Cn1c(C2CCCC2)nc2ncnc(C(=O)NCc3cc(F)cc(-c4cnn(C(C)(C)CO)c4)c3)c21. The van der Waals surface area contributed by atoms with Crippen LogP contribution in [0.1, 0.15) is 67.3 Å². The number of rotatable bonds is 7. The summed E-state index contributed by atoms with van der Waals surface area (Å²) in [5, 5.41) is 16.8. The van der Waals surface area contributed by atoms with Gasteiger partial charge in [-0.05, 0) is 56.0 Å². The number of amides is 1. The number of nitrogens with zero attached hydrogens (tertiary/aromatic N) is 6. The number of halogens is 1. The number of benzene rings is 1. The van der Waals surface area contributed by atoms with E-state index in [1.807, 2.05) is 31.5 Å². The molecule has 0 aliphatic heterocycles. The van der Waals surface area contributed by atoms with Crippen molar-refractivity contribution >= 4 is 17.1 Å². The second kappa shape index (κ2) is 9.42. The molecule has 188 valence electrons. The topological polar surface area (TPSA) is 111 Å². The molecule has 1 saturated carbocycles. The Morgan fingerprint density at radius 3 is 2.72 bits per heavy atom. The van der Waals surface area contributed by atoms with Crippen molar-refractivity contribution in [3.8, 4) is 11.1 Å². The van der Waals surface area contributed by atoms with E-state index in [1.165, 1.54) is 31.3 Å². The largest absolute Gasteiger partial charge is 0.394 e. The Hall–Kier alpha value is -3.66. The van der Waals surface area contributed by atoms with Gasteiger partial charge in [0.1, 0.15) is 23.5 Å². The minimum Gasteiger partial charge on any atom is -0.394 e. The van der Waals surface area contributed by atoms with E-state index in [0.29, 0.717) is 28.2 Å². The second-order valence-electron chi connectivity index (χ2n) is 10.1. The lowest BCUT2D eigenvalue weighted by atomic mass is 10.0. The van der Waals surface area contributed by atoms with Crippen molar-refractivity contribution in [1.29, 1.82) is 0 Å². The molecule has 10 heteroatoms. The van der Waals surface area contributed by atoms with E-state index in [-0.39, 0.29) is 24.8 Å². The van der Waals surface area contributed by atoms with E-state index in [4.69, 9.17) is 4.98 Å². The van der Waals surface area contributed by atoms with Crippen molar-refractivity contribution in [1.82, 2.24) is 34.6 Å². The van der Waals surface area contributed by atoms with Gasteiger partial charge < -0.3 is 15.0 Å². The number of hydrogen-bond donors (Lipinski definition) is 2. The van der Waals surface area contributed by atoms with Gasteiger partial charge in [0.2, 0.25) is 0 Å². The molecule has 4 aromatic rings. The Kier molecular flexibility index (Phi) is 6.29. The van der Waals surface area contributed by atoms with Crippen LogP contribution in [0.15, 0.2) is 36.9 Å². The summed E-state index contributed by atoms with van der Waals surface area (Å²) < 4.78 is 18.1. The molecular formula is C26H30FN7O2. The molecule has 0 unspecified atom stereocenters. The van der Waals surface area contributed by atoms with Crippen molar-refractivity contribution in [3.05, 3.63) is 59.8 Å². The number of hydrogen-bond acceptors (Lipinski definition) is 6. The van der Waals surface area contributed by atoms with Crippen LogP contribution in [0.3, 0.4) is 0 Å². The highest BCUT2D eigenvalue weighted by molar-refractivity contribution is 6.02. The predicted octanol–water partition coefficient (Wildman–Crippen LogP) is 3.68. The molecule has 0 spiro atoms. The van der Waals surface area contributed by atoms with Gasteiger partial charge >= 0.3 is 0 Å². The molecule has 3 aromatic heterocycles. The molecule has 1 fully saturated rings. The van der Waals surface area contributed by atoms with Gasteiger partial charge in [-0.25, -0.2) is 19.3 Å². The first-order valence-corrected chi connectivity index (χ1v) is 12.2. The van der Waals surface area contributed by atoms with Crippen molar-refractivity contribution in [2.75, 3.05) is 6.61 Å². The molecule has 36 heavy (non-hydrogen) atoms. The Bertz CT molecular complexity index is 1420. The molecule has 0 radical (unpaired) electrons. The van der Waals surface area contributed by atoms with Crippen molar-refractivity contribution in [3.63, 3.8) is 0 Å². The van der Waals surface area contributed by atoms with Crippen LogP contribution in [-0.4, -0.2) is 46.9 Å². The number of carbonyl (C=O) groups excluding carboxylic acids is 1. The van der Waals surface area contributed by atoms with E-state index < -0.39 is 11.4 Å². The summed E-state index contributed by atoms with van der Waals surface area (Å²) in [5.41, 5.74) is 2.75. The van der Waals surface area contributed by atoms with Crippen molar-refractivity contribution in [2.45, 2.75) is 57.5 Å². The van der Waals surface area contributed by atoms with E-state index in [0.717, 1.165) is 24.2 Å². The smallest absolute Gasteiger partial charge is 0.272 e. The molecule has 1 aromatic carbocycles. The number of nitrogens with one attached hydrogen (secondary N) is 1. The van der Waals surface area contributed by atoms with Gasteiger partial charge in [-0.2, -0.15) is 5.10 Å². The van der Waals surface area contributed by atoms with Crippen LogP contribution < -0.4 is 5.32 Å². The molecule has 1 aliphatic carbocycles. The minimum absolute atomic E-state index is 0.0797. The highest BCUT2D eigenvalue weighted by atomic mass is 19.1. The zero-order valence-electron chi connectivity index (χ0n) is 20.7.